The van der Waals surface area contributed by atoms with Crippen LogP contribution in [-0.4, -0.2) is 25.7 Å². The molecule has 6 nitrogen and oxygen atoms in total. The van der Waals surface area contributed by atoms with Gasteiger partial charge in [-0.25, -0.2) is 4.68 Å². The van der Waals surface area contributed by atoms with Gasteiger partial charge in [0.15, 0.2) is 5.69 Å². The molecule has 0 saturated heterocycles. The molecule has 0 aliphatic rings. The molecule has 0 spiro atoms. The maximum atomic E-state index is 14.0. The summed E-state index contributed by atoms with van der Waals surface area (Å²) in [5.41, 5.74) is -0.490. The zero-order valence-electron chi connectivity index (χ0n) is 16.3. The Balaban J connectivity index is 1.74. The molecule has 162 valence electrons. The minimum absolute atomic E-state index is 0.122. The lowest BCUT2D eigenvalue weighted by Crippen LogP contribution is -2.31. The van der Waals surface area contributed by atoms with Gasteiger partial charge in [-0.3, -0.25) is 14.8 Å². The quantitative estimate of drug-likeness (QED) is 0.465. The zero-order chi connectivity index (χ0) is 22.7. The molecular formula is C22H15ClF3N5O. The van der Waals surface area contributed by atoms with E-state index in [4.69, 9.17) is 11.6 Å². The third kappa shape index (κ3) is 4.47. The van der Waals surface area contributed by atoms with Crippen molar-refractivity contribution in [3.05, 3.63) is 107 Å². The monoisotopic (exact) mass is 457 g/mol. The van der Waals surface area contributed by atoms with E-state index in [1.807, 2.05) is 0 Å². The minimum atomic E-state index is -4.83. The lowest BCUT2D eigenvalue weighted by Gasteiger charge is -2.20. The first kappa shape index (κ1) is 21.5. The molecule has 3 aromatic heterocycles. The number of nitrogens with zero attached hydrogens (tertiary/aromatic N) is 4. The van der Waals surface area contributed by atoms with Crippen molar-refractivity contribution in [2.24, 2.45) is 0 Å². The molecule has 0 saturated carbocycles. The van der Waals surface area contributed by atoms with Gasteiger partial charge in [0, 0.05) is 29.8 Å². The number of hydrogen-bond acceptors (Lipinski definition) is 4. The Morgan fingerprint density at radius 1 is 0.938 bits per heavy atom. The minimum Gasteiger partial charge on any atom is -0.341 e. The van der Waals surface area contributed by atoms with Crippen molar-refractivity contribution < 1.29 is 18.0 Å². The summed E-state index contributed by atoms with van der Waals surface area (Å²) in [6.45, 7) is 0. The van der Waals surface area contributed by atoms with Crippen LogP contribution in [0.5, 0.6) is 0 Å². The fourth-order valence-electron chi connectivity index (χ4n) is 3.23. The second kappa shape index (κ2) is 8.80. The Morgan fingerprint density at radius 2 is 1.53 bits per heavy atom. The van der Waals surface area contributed by atoms with Crippen molar-refractivity contribution >= 4 is 17.5 Å². The van der Waals surface area contributed by atoms with Gasteiger partial charge in [-0.1, -0.05) is 23.7 Å². The van der Waals surface area contributed by atoms with E-state index in [2.05, 4.69) is 20.4 Å². The van der Waals surface area contributed by atoms with Crippen molar-refractivity contribution in [2.75, 3.05) is 0 Å². The smallest absolute Gasteiger partial charge is 0.341 e. The van der Waals surface area contributed by atoms with Crippen molar-refractivity contribution in [1.29, 1.82) is 0 Å². The van der Waals surface area contributed by atoms with E-state index in [-0.39, 0.29) is 5.69 Å². The summed E-state index contributed by atoms with van der Waals surface area (Å²) in [5, 5.41) is 6.85. The maximum absolute atomic E-state index is 14.0. The van der Waals surface area contributed by atoms with Crippen LogP contribution >= 0.6 is 11.6 Å². The number of alkyl halides is 3. The highest BCUT2D eigenvalue weighted by molar-refractivity contribution is 6.30. The molecule has 0 atom stereocenters. The summed E-state index contributed by atoms with van der Waals surface area (Å²) in [5.74, 6) is -0.935. The van der Waals surface area contributed by atoms with Gasteiger partial charge in [0.2, 0.25) is 0 Å². The second-order valence-corrected chi connectivity index (χ2v) is 7.21. The van der Waals surface area contributed by atoms with Crippen LogP contribution in [0.4, 0.5) is 13.2 Å². The van der Waals surface area contributed by atoms with E-state index in [0.29, 0.717) is 20.8 Å². The molecule has 0 aliphatic carbocycles. The average molecular weight is 458 g/mol. The molecule has 4 aromatic rings. The number of hydrogen-bond donors (Lipinski definition) is 1. The number of amides is 1. The summed E-state index contributed by atoms with van der Waals surface area (Å²) in [6, 6.07) is 11.7. The fourth-order valence-corrected chi connectivity index (χ4v) is 3.35. The fraction of sp³-hybridized carbons (Fsp3) is 0.0909. The topological polar surface area (TPSA) is 72.7 Å². The highest BCUT2D eigenvalue weighted by Crippen LogP contribution is 2.34. The molecule has 1 amide bonds. The SMILES string of the molecule is O=C(NC(c1cccnc1)c1cccnc1)c1cnn(-c2ccc(Cl)cc2)c1C(F)(F)F. The lowest BCUT2D eigenvalue weighted by molar-refractivity contribution is -0.143. The van der Waals surface area contributed by atoms with Gasteiger partial charge in [0.25, 0.3) is 5.91 Å². The highest BCUT2D eigenvalue weighted by Gasteiger charge is 2.41. The number of halogens is 4. The van der Waals surface area contributed by atoms with E-state index in [9.17, 15) is 18.0 Å². The van der Waals surface area contributed by atoms with Gasteiger partial charge in [-0.2, -0.15) is 18.3 Å². The molecule has 4 rings (SSSR count). The van der Waals surface area contributed by atoms with Gasteiger partial charge in [-0.15, -0.1) is 0 Å². The number of nitrogens with one attached hydrogen (secondary N) is 1. The Kier molecular flexibility index (Phi) is 5.91. The summed E-state index contributed by atoms with van der Waals surface area (Å²) < 4.78 is 42.6. The third-order valence-electron chi connectivity index (χ3n) is 4.66. The molecule has 1 aromatic carbocycles. The number of rotatable bonds is 5. The van der Waals surface area contributed by atoms with Gasteiger partial charge in [0.1, 0.15) is 0 Å². The van der Waals surface area contributed by atoms with E-state index in [0.717, 1.165) is 6.20 Å². The zero-order valence-corrected chi connectivity index (χ0v) is 17.0. The predicted octanol–water partition coefficient (Wildman–Crippen LogP) is 4.85. The maximum Gasteiger partial charge on any atom is 0.434 e. The summed E-state index contributed by atoms with van der Waals surface area (Å²) in [7, 11) is 0. The van der Waals surface area contributed by atoms with Crippen LogP contribution in [0.15, 0.2) is 79.5 Å². The van der Waals surface area contributed by atoms with Gasteiger partial charge in [-0.05, 0) is 47.5 Å². The molecule has 0 fully saturated rings. The average Bonchev–Trinajstić information content (AvgIpc) is 3.25. The van der Waals surface area contributed by atoms with Crippen LogP contribution < -0.4 is 5.32 Å². The Bertz CT molecular complexity index is 1170. The molecular weight excluding hydrogens is 443 g/mol. The number of aromatic nitrogens is 4. The summed E-state index contributed by atoms with van der Waals surface area (Å²) >= 11 is 5.83. The third-order valence-corrected chi connectivity index (χ3v) is 4.92. The van der Waals surface area contributed by atoms with E-state index >= 15 is 0 Å². The molecule has 0 bridgehead atoms. The molecule has 0 unspecified atom stereocenters. The first-order valence-electron chi connectivity index (χ1n) is 9.36. The van der Waals surface area contributed by atoms with Crippen molar-refractivity contribution in [2.45, 2.75) is 12.2 Å². The molecule has 3 heterocycles. The molecule has 10 heteroatoms. The standard InChI is InChI=1S/C22H15ClF3N5O/c23-16-5-7-17(8-6-16)31-20(22(24,25)26)18(13-29-31)21(32)30-19(14-3-1-9-27-11-14)15-4-2-10-28-12-15/h1-13,19H,(H,30,32). The number of benzene rings is 1. The first-order chi connectivity index (χ1) is 15.3. The van der Waals surface area contributed by atoms with Gasteiger partial charge in [0.05, 0.1) is 23.5 Å². The van der Waals surface area contributed by atoms with Crippen molar-refractivity contribution in [3.63, 3.8) is 0 Å². The molecule has 32 heavy (non-hydrogen) atoms. The highest BCUT2D eigenvalue weighted by atomic mass is 35.5. The van der Waals surface area contributed by atoms with E-state index in [1.165, 1.54) is 36.7 Å². The largest absolute Gasteiger partial charge is 0.434 e. The van der Waals surface area contributed by atoms with Gasteiger partial charge < -0.3 is 5.32 Å². The van der Waals surface area contributed by atoms with Crippen LogP contribution in [0.1, 0.15) is 33.2 Å². The molecule has 0 radical (unpaired) electrons. The normalized spacial score (nSPS) is 11.5. The van der Waals surface area contributed by atoms with Crippen LogP contribution in [0, 0.1) is 0 Å². The van der Waals surface area contributed by atoms with Crippen LogP contribution in [0.25, 0.3) is 5.69 Å². The van der Waals surface area contributed by atoms with Crippen LogP contribution in [-0.2, 0) is 6.18 Å². The first-order valence-corrected chi connectivity index (χ1v) is 9.74. The predicted molar refractivity (Wildman–Crippen MR) is 111 cm³/mol. The summed E-state index contributed by atoms with van der Waals surface area (Å²) in [4.78, 5) is 21.1. The van der Waals surface area contributed by atoms with Crippen LogP contribution in [0.3, 0.4) is 0 Å². The van der Waals surface area contributed by atoms with Gasteiger partial charge >= 0.3 is 6.18 Å². The molecule has 1 N–H and O–H groups in total. The van der Waals surface area contributed by atoms with Crippen molar-refractivity contribution in [3.8, 4) is 5.69 Å². The van der Waals surface area contributed by atoms with Crippen LogP contribution in [0.2, 0.25) is 5.02 Å². The molecule has 0 aliphatic heterocycles. The Morgan fingerprint density at radius 3 is 2.03 bits per heavy atom. The Hall–Kier alpha value is -3.72. The lowest BCUT2D eigenvalue weighted by atomic mass is 10.0. The van der Waals surface area contributed by atoms with Crippen molar-refractivity contribution in [1.82, 2.24) is 25.1 Å². The van der Waals surface area contributed by atoms with E-state index in [1.54, 1.807) is 36.7 Å². The second-order valence-electron chi connectivity index (χ2n) is 6.77. The Labute approximate surface area is 185 Å². The number of carbonyl (C=O) groups excluding carboxylic acids is 1. The van der Waals surface area contributed by atoms with E-state index < -0.39 is 29.4 Å². The summed E-state index contributed by atoms with van der Waals surface area (Å²) in [6.07, 6.45) is 2.24. The number of carbonyl (C=O) groups is 1. The number of pyridine rings is 2.